The summed E-state index contributed by atoms with van der Waals surface area (Å²) in [6, 6.07) is 3.74. The SMILES string of the molecule is CNCC1CCN(Cc2cc(F)cc(F)c2)C1. The van der Waals surface area contributed by atoms with Crippen LogP contribution in [0.4, 0.5) is 8.78 Å². The molecule has 1 fully saturated rings. The Bertz CT molecular complexity index is 361. The van der Waals surface area contributed by atoms with E-state index in [1.54, 1.807) is 0 Å². The van der Waals surface area contributed by atoms with Gasteiger partial charge in [0.1, 0.15) is 11.6 Å². The van der Waals surface area contributed by atoms with Gasteiger partial charge in [-0.15, -0.1) is 0 Å². The van der Waals surface area contributed by atoms with Crippen LogP contribution >= 0.6 is 0 Å². The minimum atomic E-state index is -0.494. The second-order valence-electron chi connectivity index (χ2n) is 4.73. The number of hydrogen-bond acceptors (Lipinski definition) is 2. The smallest absolute Gasteiger partial charge is 0.126 e. The molecular formula is C13H18F2N2. The third-order valence-corrected chi connectivity index (χ3v) is 3.19. The zero-order valence-electron chi connectivity index (χ0n) is 10.0. The molecule has 1 heterocycles. The maximum atomic E-state index is 13.0. The summed E-state index contributed by atoms with van der Waals surface area (Å²) in [5.41, 5.74) is 0.715. The van der Waals surface area contributed by atoms with Gasteiger partial charge in [0.05, 0.1) is 0 Å². The molecule has 17 heavy (non-hydrogen) atoms. The Labute approximate surface area is 101 Å². The lowest BCUT2D eigenvalue weighted by Gasteiger charge is -2.16. The fourth-order valence-electron chi connectivity index (χ4n) is 2.47. The van der Waals surface area contributed by atoms with Gasteiger partial charge in [-0.2, -0.15) is 0 Å². The van der Waals surface area contributed by atoms with Gasteiger partial charge in [0.15, 0.2) is 0 Å². The van der Waals surface area contributed by atoms with E-state index in [0.29, 0.717) is 18.0 Å². The Balaban J connectivity index is 1.93. The highest BCUT2D eigenvalue weighted by atomic mass is 19.1. The standard InChI is InChI=1S/C13H18F2N2/c1-16-7-10-2-3-17(8-10)9-11-4-12(14)6-13(15)5-11/h4-6,10,16H,2-3,7-9H2,1H3. The molecule has 1 unspecified atom stereocenters. The van der Waals surface area contributed by atoms with Crippen molar-refractivity contribution in [3.8, 4) is 0 Å². The number of halogens is 2. The molecule has 0 aromatic heterocycles. The molecule has 1 aromatic rings. The summed E-state index contributed by atoms with van der Waals surface area (Å²) in [7, 11) is 1.95. The summed E-state index contributed by atoms with van der Waals surface area (Å²) in [5, 5.41) is 3.17. The molecule has 0 amide bonds. The third kappa shape index (κ3) is 3.48. The Morgan fingerprint density at radius 2 is 2.00 bits per heavy atom. The minimum absolute atomic E-state index is 0.494. The summed E-state index contributed by atoms with van der Waals surface area (Å²) in [6.07, 6.45) is 1.15. The van der Waals surface area contributed by atoms with Gasteiger partial charge in [-0.05, 0) is 50.2 Å². The largest absolute Gasteiger partial charge is 0.319 e. The predicted molar refractivity (Wildman–Crippen MR) is 63.7 cm³/mol. The molecule has 2 rings (SSSR count). The lowest BCUT2D eigenvalue weighted by atomic mass is 10.1. The molecule has 1 N–H and O–H groups in total. The zero-order valence-corrected chi connectivity index (χ0v) is 10.0. The number of rotatable bonds is 4. The van der Waals surface area contributed by atoms with Crippen molar-refractivity contribution in [3.05, 3.63) is 35.4 Å². The predicted octanol–water partition coefficient (Wildman–Crippen LogP) is 2.01. The van der Waals surface area contributed by atoms with E-state index in [2.05, 4.69) is 10.2 Å². The van der Waals surface area contributed by atoms with Crippen LogP contribution in [0.5, 0.6) is 0 Å². The number of hydrogen-bond donors (Lipinski definition) is 1. The molecule has 1 saturated heterocycles. The molecule has 1 aliphatic heterocycles. The maximum absolute atomic E-state index is 13.0. The van der Waals surface area contributed by atoms with Crippen molar-refractivity contribution in [1.29, 1.82) is 0 Å². The highest BCUT2D eigenvalue weighted by Crippen LogP contribution is 2.19. The van der Waals surface area contributed by atoms with Crippen molar-refractivity contribution in [2.45, 2.75) is 13.0 Å². The number of nitrogens with zero attached hydrogens (tertiary/aromatic N) is 1. The van der Waals surface area contributed by atoms with Crippen LogP contribution < -0.4 is 5.32 Å². The Kier molecular flexibility index (Phi) is 4.07. The van der Waals surface area contributed by atoms with Gasteiger partial charge >= 0.3 is 0 Å². The quantitative estimate of drug-likeness (QED) is 0.866. The summed E-state index contributed by atoms with van der Waals surface area (Å²) in [6.45, 7) is 3.65. The average Bonchev–Trinajstić information content (AvgIpc) is 2.64. The zero-order chi connectivity index (χ0) is 12.3. The molecule has 2 nitrogen and oxygen atoms in total. The second kappa shape index (κ2) is 5.56. The van der Waals surface area contributed by atoms with Crippen LogP contribution in [0.3, 0.4) is 0 Å². The summed E-state index contributed by atoms with van der Waals surface area (Å²) in [5.74, 6) is -0.338. The number of nitrogens with one attached hydrogen (secondary N) is 1. The van der Waals surface area contributed by atoms with Gasteiger partial charge < -0.3 is 5.32 Å². The molecule has 0 saturated carbocycles. The van der Waals surface area contributed by atoms with Crippen molar-refractivity contribution in [2.75, 3.05) is 26.7 Å². The van der Waals surface area contributed by atoms with E-state index >= 15 is 0 Å². The van der Waals surface area contributed by atoms with Crippen LogP contribution in [0, 0.1) is 17.6 Å². The van der Waals surface area contributed by atoms with E-state index in [-0.39, 0.29) is 0 Å². The van der Waals surface area contributed by atoms with E-state index in [1.165, 1.54) is 12.1 Å². The summed E-state index contributed by atoms with van der Waals surface area (Å²) >= 11 is 0. The van der Waals surface area contributed by atoms with Gasteiger partial charge in [-0.25, -0.2) is 8.78 Å². The molecule has 0 radical (unpaired) electrons. The molecule has 94 valence electrons. The van der Waals surface area contributed by atoms with E-state index in [4.69, 9.17) is 0 Å². The second-order valence-corrected chi connectivity index (χ2v) is 4.73. The van der Waals surface area contributed by atoms with Gasteiger partial charge in [0, 0.05) is 19.2 Å². The first-order valence-electron chi connectivity index (χ1n) is 5.99. The van der Waals surface area contributed by atoms with Crippen molar-refractivity contribution in [2.24, 2.45) is 5.92 Å². The van der Waals surface area contributed by atoms with Crippen LogP contribution in [0.15, 0.2) is 18.2 Å². The van der Waals surface area contributed by atoms with Gasteiger partial charge in [-0.3, -0.25) is 4.90 Å². The Morgan fingerprint density at radius 3 is 2.65 bits per heavy atom. The number of benzene rings is 1. The fourth-order valence-corrected chi connectivity index (χ4v) is 2.47. The monoisotopic (exact) mass is 240 g/mol. The van der Waals surface area contributed by atoms with Crippen molar-refractivity contribution < 1.29 is 8.78 Å². The summed E-state index contributed by atoms with van der Waals surface area (Å²) < 4.78 is 26.1. The van der Waals surface area contributed by atoms with Crippen LogP contribution in [0.25, 0.3) is 0 Å². The van der Waals surface area contributed by atoms with Gasteiger partial charge in [-0.1, -0.05) is 0 Å². The highest BCUT2D eigenvalue weighted by molar-refractivity contribution is 5.17. The van der Waals surface area contributed by atoms with E-state index < -0.39 is 11.6 Å². The molecule has 0 bridgehead atoms. The van der Waals surface area contributed by atoms with E-state index in [9.17, 15) is 8.78 Å². The van der Waals surface area contributed by atoms with Crippen LogP contribution in [-0.2, 0) is 6.54 Å². The molecule has 0 spiro atoms. The lowest BCUT2D eigenvalue weighted by Crippen LogP contribution is -2.24. The third-order valence-electron chi connectivity index (χ3n) is 3.19. The highest BCUT2D eigenvalue weighted by Gasteiger charge is 2.21. The minimum Gasteiger partial charge on any atom is -0.319 e. The first-order valence-corrected chi connectivity index (χ1v) is 5.99. The van der Waals surface area contributed by atoms with Crippen LogP contribution in [0.2, 0.25) is 0 Å². The van der Waals surface area contributed by atoms with Crippen molar-refractivity contribution in [3.63, 3.8) is 0 Å². The Hall–Kier alpha value is -1.00. The molecular weight excluding hydrogens is 222 g/mol. The normalized spacial score (nSPS) is 21.0. The number of likely N-dealkylation sites (tertiary alicyclic amines) is 1. The van der Waals surface area contributed by atoms with Gasteiger partial charge in [0.2, 0.25) is 0 Å². The maximum Gasteiger partial charge on any atom is 0.126 e. The molecule has 0 aliphatic carbocycles. The van der Waals surface area contributed by atoms with Crippen LogP contribution in [-0.4, -0.2) is 31.6 Å². The first-order chi connectivity index (χ1) is 8.17. The fraction of sp³-hybridized carbons (Fsp3) is 0.538. The van der Waals surface area contributed by atoms with Crippen molar-refractivity contribution in [1.82, 2.24) is 10.2 Å². The molecule has 4 heteroatoms. The first kappa shape index (κ1) is 12.5. The lowest BCUT2D eigenvalue weighted by molar-refractivity contribution is 0.314. The average molecular weight is 240 g/mol. The molecule has 1 atom stereocenters. The molecule has 1 aromatic carbocycles. The van der Waals surface area contributed by atoms with Gasteiger partial charge in [0.25, 0.3) is 0 Å². The van der Waals surface area contributed by atoms with E-state index in [0.717, 1.165) is 32.1 Å². The summed E-state index contributed by atoms with van der Waals surface area (Å²) in [4.78, 5) is 2.25. The van der Waals surface area contributed by atoms with E-state index in [1.807, 2.05) is 7.05 Å². The Morgan fingerprint density at radius 1 is 1.29 bits per heavy atom. The topological polar surface area (TPSA) is 15.3 Å². The molecule has 1 aliphatic rings. The van der Waals surface area contributed by atoms with Crippen molar-refractivity contribution >= 4 is 0 Å². The van der Waals surface area contributed by atoms with Crippen LogP contribution in [0.1, 0.15) is 12.0 Å².